The van der Waals surface area contributed by atoms with Gasteiger partial charge in [0, 0.05) is 32.2 Å². The number of ether oxygens (including phenoxy) is 1. The Morgan fingerprint density at radius 1 is 1.13 bits per heavy atom. The average Bonchev–Trinajstić information content (AvgIpc) is 2.78. The molecule has 0 N–H and O–H groups in total. The smallest absolute Gasteiger partial charge is 0.410 e. The number of amides is 1. The van der Waals surface area contributed by atoms with E-state index in [0.717, 1.165) is 26.2 Å². The van der Waals surface area contributed by atoms with Gasteiger partial charge in [-0.25, -0.2) is 4.79 Å². The highest BCUT2D eigenvalue weighted by atomic mass is 16.6. The van der Waals surface area contributed by atoms with Gasteiger partial charge in [0.25, 0.3) is 0 Å². The van der Waals surface area contributed by atoms with Crippen molar-refractivity contribution >= 4 is 6.09 Å². The zero-order valence-corrected chi connectivity index (χ0v) is 14.5. The topological polar surface area (TPSA) is 32.8 Å². The molecule has 1 amide bonds. The van der Waals surface area contributed by atoms with Crippen molar-refractivity contribution in [3.05, 3.63) is 35.9 Å². The predicted octanol–water partition coefficient (Wildman–Crippen LogP) is 3.52. The fraction of sp³-hybridized carbons (Fsp3) is 0.632. The van der Waals surface area contributed by atoms with Crippen LogP contribution in [0.4, 0.5) is 4.79 Å². The van der Waals surface area contributed by atoms with Crippen LogP contribution in [-0.4, -0.2) is 47.2 Å². The van der Waals surface area contributed by atoms with Crippen LogP contribution in [0, 0.1) is 5.92 Å². The summed E-state index contributed by atoms with van der Waals surface area (Å²) < 4.78 is 5.58. The van der Waals surface area contributed by atoms with Crippen LogP contribution in [0.2, 0.25) is 0 Å². The predicted molar refractivity (Wildman–Crippen MR) is 91.2 cm³/mol. The third-order valence-electron chi connectivity index (χ3n) is 4.71. The summed E-state index contributed by atoms with van der Waals surface area (Å²) in [5.74, 6) is 0.560. The molecular weight excluding hydrogens is 288 g/mol. The Hall–Kier alpha value is -1.55. The summed E-state index contributed by atoms with van der Waals surface area (Å²) in [6.45, 7) is 9.47. The molecule has 2 bridgehead atoms. The van der Waals surface area contributed by atoms with Crippen molar-refractivity contribution in [2.75, 3.05) is 19.6 Å². The summed E-state index contributed by atoms with van der Waals surface area (Å²) in [5.41, 5.74) is 0.926. The summed E-state index contributed by atoms with van der Waals surface area (Å²) in [6.07, 6.45) is 2.24. The van der Waals surface area contributed by atoms with Crippen LogP contribution < -0.4 is 0 Å². The lowest BCUT2D eigenvalue weighted by Gasteiger charge is -2.36. The van der Waals surface area contributed by atoms with E-state index in [0.29, 0.717) is 12.0 Å². The highest BCUT2D eigenvalue weighted by molar-refractivity contribution is 5.68. The van der Waals surface area contributed by atoms with Gasteiger partial charge in [-0.05, 0) is 45.1 Å². The molecule has 0 radical (unpaired) electrons. The molecule has 3 aliphatic rings. The Morgan fingerprint density at radius 2 is 1.87 bits per heavy atom. The molecule has 2 atom stereocenters. The van der Waals surface area contributed by atoms with Crippen molar-refractivity contribution in [3.63, 3.8) is 0 Å². The molecule has 0 spiro atoms. The fourth-order valence-electron chi connectivity index (χ4n) is 3.67. The van der Waals surface area contributed by atoms with Crippen LogP contribution in [0.5, 0.6) is 0 Å². The van der Waals surface area contributed by atoms with E-state index in [1.807, 2.05) is 25.7 Å². The number of rotatable bonds is 2. The van der Waals surface area contributed by atoms with Gasteiger partial charge in [0.1, 0.15) is 5.60 Å². The zero-order chi connectivity index (χ0) is 16.4. The number of carbonyl (C=O) groups is 1. The van der Waals surface area contributed by atoms with Gasteiger partial charge in [-0.2, -0.15) is 0 Å². The third kappa shape index (κ3) is 4.25. The standard InChI is InChI=1S/C19H28N2O2/c1-19(2,3)23-18(22)21-13-16-9-10-17(14-21)20(12-16)11-15-7-5-4-6-8-15/h4-8,16-17H,9-14H2,1-3H3/t16-,17-/m0/s1. The highest BCUT2D eigenvalue weighted by Gasteiger charge is 2.37. The second kappa shape index (κ2) is 6.52. The van der Waals surface area contributed by atoms with Gasteiger partial charge in [-0.1, -0.05) is 30.3 Å². The molecule has 3 heterocycles. The lowest BCUT2D eigenvalue weighted by atomic mass is 9.94. The summed E-state index contributed by atoms with van der Waals surface area (Å²) in [4.78, 5) is 16.9. The molecule has 23 heavy (non-hydrogen) atoms. The van der Waals surface area contributed by atoms with E-state index >= 15 is 0 Å². The van der Waals surface area contributed by atoms with Gasteiger partial charge in [-0.15, -0.1) is 0 Å². The summed E-state index contributed by atoms with van der Waals surface area (Å²) in [5, 5.41) is 0. The van der Waals surface area contributed by atoms with Crippen molar-refractivity contribution in [1.82, 2.24) is 9.80 Å². The van der Waals surface area contributed by atoms with E-state index in [-0.39, 0.29) is 6.09 Å². The van der Waals surface area contributed by atoms with E-state index < -0.39 is 5.60 Å². The number of piperidine rings is 1. The molecule has 0 aromatic heterocycles. The van der Waals surface area contributed by atoms with Crippen molar-refractivity contribution < 1.29 is 9.53 Å². The average molecular weight is 316 g/mol. The minimum absolute atomic E-state index is 0.157. The van der Waals surface area contributed by atoms with Crippen molar-refractivity contribution in [3.8, 4) is 0 Å². The lowest BCUT2D eigenvalue weighted by Crippen LogP contribution is -2.44. The summed E-state index contributed by atoms with van der Waals surface area (Å²) in [6, 6.07) is 11.1. The molecule has 0 saturated carbocycles. The number of carbonyl (C=O) groups excluding carboxylic acids is 1. The Morgan fingerprint density at radius 3 is 2.57 bits per heavy atom. The van der Waals surface area contributed by atoms with Crippen LogP contribution in [0.1, 0.15) is 39.2 Å². The Labute approximate surface area is 139 Å². The number of benzene rings is 1. The fourth-order valence-corrected chi connectivity index (χ4v) is 3.67. The molecule has 1 aromatic carbocycles. The van der Waals surface area contributed by atoms with Crippen LogP contribution in [0.15, 0.2) is 30.3 Å². The number of nitrogens with zero attached hydrogens (tertiary/aromatic N) is 2. The molecule has 0 aliphatic carbocycles. The highest BCUT2D eigenvalue weighted by Crippen LogP contribution is 2.30. The molecule has 0 unspecified atom stereocenters. The summed E-state index contributed by atoms with van der Waals surface area (Å²) >= 11 is 0. The van der Waals surface area contributed by atoms with Gasteiger partial charge in [-0.3, -0.25) is 4.90 Å². The molecule has 3 saturated heterocycles. The molecular formula is C19H28N2O2. The molecule has 4 rings (SSSR count). The van der Waals surface area contributed by atoms with E-state index in [4.69, 9.17) is 4.74 Å². The Balaban J connectivity index is 1.67. The first-order chi connectivity index (χ1) is 10.9. The van der Waals surface area contributed by atoms with Crippen LogP contribution >= 0.6 is 0 Å². The minimum atomic E-state index is -0.424. The lowest BCUT2D eigenvalue weighted by molar-refractivity contribution is 0.0233. The second-order valence-corrected chi connectivity index (χ2v) is 7.90. The van der Waals surface area contributed by atoms with Crippen molar-refractivity contribution in [2.45, 2.75) is 51.8 Å². The maximum atomic E-state index is 12.4. The van der Waals surface area contributed by atoms with Crippen LogP contribution in [0.25, 0.3) is 0 Å². The first-order valence-electron chi connectivity index (χ1n) is 8.66. The van der Waals surface area contributed by atoms with Gasteiger partial charge < -0.3 is 9.64 Å². The van der Waals surface area contributed by atoms with Crippen molar-refractivity contribution in [1.29, 1.82) is 0 Å². The molecule has 1 aromatic rings. The molecule has 126 valence electrons. The SMILES string of the molecule is CC(C)(C)OC(=O)N1C[C@H]2CC[C@@H](C1)N(Cc1ccccc1)C2. The Kier molecular flexibility index (Phi) is 4.62. The van der Waals surface area contributed by atoms with Crippen LogP contribution in [-0.2, 0) is 11.3 Å². The normalized spacial score (nSPS) is 25.3. The van der Waals surface area contributed by atoms with E-state index in [9.17, 15) is 4.79 Å². The number of fused-ring (bicyclic) bond motifs is 4. The molecule has 4 nitrogen and oxygen atoms in total. The van der Waals surface area contributed by atoms with Crippen LogP contribution in [0.3, 0.4) is 0 Å². The molecule has 3 aliphatic heterocycles. The largest absolute Gasteiger partial charge is 0.444 e. The maximum absolute atomic E-state index is 12.4. The van der Waals surface area contributed by atoms with Gasteiger partial charge in [0.15, 0.2) is 0 Å². The first-order valence-corrected chi connectivity index (χ1v) is 8.66. The van der Waals surface area contributed by atoms with Gasteiger partial charge >= 0.3 is 6.09 Å². The van der Waals surface area contributed by atoms with E-state index in [1.54, 1.807) is 0 Å². The monoisotopic (exact) mass is 316 g/mol. The van der Waals surface area contributed by atoms with Crippen molar-refractivity contribution in [2.24, 2.45) is 5.92 Å². The van der Waals surface area contributed by atoms with Gasteiger partial charge in [0.05, 0.1) is 0 Å². The van der Waals surface area contributed by atoms with E-state index in [2.05, 4.69) is 35.2 Å². The van der Waals surface area contributed by atoms with Gasteiger partial charge in [0.2, 0.25) is 0 Å². The zero-order valence-electron chi connectivity index (χ0n) is 14.5. The number of hydrogen-bond donors (Lipinski definition) is 0. The second-order valence-electron chi connectivity index (χ2n) is 7.90. The minimum Gasteiger partial charge on any atom is -0.444 e. The molecule has 4 heteroatoms. The van der Waals surface area contributed by atoms with E-state index in [1.165, 1.54) is 18.4 Å². The maximum Gasteiger partial charge on any atom is 0.410 e. The third-order valence-corrected chi connectivity index (χ3v) is 4.71. The molecule has 3 fully saturated rings. The number of hydrogen-bond acceptors (Lipinski definition) is 3. The summed E-state index contributed by atoms with van der Waals surface area (Å²) in [7, 11) is 0. The quantitative estimate of drug-likeness (QED) is 0.837. The first kappa shape index (κ1) is 16.3. The Bertz CT molecular complexity index is 538.